The van der Waals surface area contributed by atoms with E-state index in [9.17, 15) is 0 Å². The number of hydrogen-bond donors (Lipinski definition) is 0. The van der Waals surface area contributed by atoms with Gasteiger partial charge < -0.3 is 0 Å². The van der Waals surface area contributed by atoms with Crippen molar-refractivity contribution in [3.8, 4) is 45.2 Å². The molecule has 196 valence electrons. The number of hydrogen-bond acceptors (Lipinski definition) is 3. The van der Waals surface area contributed by atoms with E-state index in [4.69, 9.17) is 9.97 Å². The molecule has 8 aromatic rings. The van der Waals surface area contributed by atoms with E-state index in [0.717, 1.165) is 39.3 Å². The molecule has 0 amide bonds. The van der Waals surface area contributed by atoms with Gasteiger partial charge in [-0.2, -0.15) is 0 Å². The summed E-state index contributed by atoms with van der Waals surface area (Å²) in [6, 6.07) is 50.8. The lowest BCUT2D eigenvalue weighted by Crippen LogP contribution is -1.97. The van der Waals surface area contributed by atoms with Gasteiger partial charge >= 0.3 is 0 Å². The second-order valence-electron chi connectivity index (χ2n) is 10.5. The van der Waals surface area contributed by atoms with Crippen molar-refractivity contribution in [2.24, 2.45) is 0 Å². The van der Waals surface area contributed by atoms with E-state index in [1.54, 1.807) is 0 Å². The highest BCUT2D eigenvalue weighted by Gasteiger charge is 2.16. The Morgan fingerprint density at radius 3 is 1.76 bits per heavy atom. The van der Waals surface area contributed by atoms with Crippen LogP contribution in [0.2, 0.25) is 0 Å². The van der Waals surface area contributed by atoms with Crippen molar-refractivity contribution in [1.29, 1.82) is 0 Å². The van der Waals surface area contributed by atoms with Crippen LogP contribution in [0.4, 0.5) is 0 Å². The van der Waals surface area contributed by atoms with Gasteiger partial charge in [0.05, 0.1) is 17.1 Å². The number of aromatic nitrogens is 3. The SMILES string of the molecule is c1ccc(-c2ccc(-c3nc(-c4cccc5ccccc45)cc(-c4cc5ccccc5c5ccccc45)n3)cc2)nc1. The predicted molar refractivity (Wildman–Crippen MR) is 174 cm³/mol. The summed E-state index contributed by atoms with van der Waals surface area (Å²) in [6.45, 7) is 0. The molecule has 6 aromatic carbocycles. The van der Waals surface area contributed by atoms with Crippen LogP contribution in [0.1, 0.15) is 0 Å². The molecule has 0 aliphatic rings. The normalized spacial score (nSPS) is 11.3. The molecular formula is C39H25N3. The van der Waals surface area contributed by atoms with Crippen molar-refractivity contribution < 1.29 is 0 Å². The van der Waals surface area contributed by atoms with Crippen LogP contribution in [0.3, 0.4) is 0 Å². The lowest BCUT2D eigenvalue weighted by molar-refractivity contribution is 1.19. The molecule has 0 aliphatic heterocycles. The van der Waals surface area contributed by atoms with Gasteiger partial charge in [0.15, 0.2) is 5.82 Å². The Morgan fingerprint density at radius 1 is 0.357 bits per heavy atom. The minimum atomic E-state index is 0.695. The van der Waals surface area contributed by atoms with Crippen molar-refractivity contribution in [3.05, 3.63) is 152 Å². The van der Waals surface area contributed by atoms with E-state index in [-0.39, 0.29) is 0 Å². The fourth-order valence-corrected chi connectivity index (χ4v) is 5.89. The Balaban J connectivity index is 1.38. The molecule has 0 radical (unpaired) electrons. The first-order valence-corrected chi connectivity index (χ1v) is 14.1. The summed E-state index contributed by atoms with van der Waals surface area (Å²) in [6.07, 6.45) is 1.82. The van der Waals surface area contributed by atoms with Gasteiger partial charge in [-0.1, -0.05) is 121 Å². The maximum Gasteiger partial charge on any atom is 0.160 e. The zero-order valence-corrected chi connectivity index (χ0v) is 22.8. The largest absolute Gasteiger partial charge is 0.256 e. The minimum Gasteiger partial charge on any atom is -0.256 e. The average Bonchev–Trinajstić information content (AvgIpc) is 3.08. The zero-order chi connectivity index (χ0) is 27.9. The highest BCUT2D eigenvalue weighted by atomic mass is 14.9. The fourth-order valence-electron chi connectivity index (χ4n) is 5.89. The van der Waals surface area contributed by atoms with E-state index < -0.39 is 0 Å². The van der Waals surface area contributed by atoms with E-state index in [1.165, 1.54) is 32.3 Å². The number of rotatable bonds is 4. The molecule has 2 aromatic heterocycles. The summed E-state index contributed by atoms with van der Waals surface area (Å²) >= 11 is 0. The molecule has 0 saturated carbocycles. The van der Waals surface area contributed by atoms with Crippen LogP contribution in [0.15, 0.2) is 152 Å². The molecule has 0 spiro atoms. The molecule has 3 nitrogen and oxygen atoms in total. The average molecular weight is 536 g/mol. The molecule has 8 rings (SSSR count). The molecule has 0 bridgehead atoms. The Kier molecular flexibility index (Phi) is 5.79. The van der Waals surface area contributed by atoms with Gasteiger partial charge in [-0.25, -0.2) is 9.97 Å². The molecule has 0 N–H and O–H groups in total. The summed E-state index contributed by atoms with van der Waals surface area (Å²) in [5.74, 6) is 0.695. The second-order valence-corrected chi connectivity index (χ2v) is 10.5. The predicted octanol–water partition coefficient (Wildman–Crippen LogP) is 10.00. The Morgan fingerprint density at radius 2 is 0.976 bits per heavy atom. The van der Waals surface area contributed by atoms with Crippen molar-refractivity contribution in [2.45, 2.75) is 0 Å². The quantitative estimate of drug-likeness (QED) is 0.211. The van der Waals surface area contributed by atoms with Crippen LogP contribution in [0.25, 0.3) is 77.5 Å². The van der Waals surface area contributed by atoms with Crippen molar-refractivity contribution in [1.82, 2.24) is 15.0 Å². The molecule has 0 aliphatic carbocycles. The molecule has 3 heteroatoms. The van der Waals surface area contributed by atoms with Gasteiger partial charge in [0.1, 0.15) is 0 Å². The molecule has 0 fully saturated rings. The molecule has 0 atom stereocenters. The highest BCUT2D eigenvalue weighted by Crippen LogP contribution is 2.37. The van der Waals surface area contributed by atoms with Gasteiger partial charge in [-0.05, 0) is 56.6 Å². The maximum absolute atomic E-state index is 5.21. The third-order valence-corrected chi connectivity index (χ3v) is 7.94. The number of benzene rings is 6. The van der Waals surface area contributed by atoms with Gasteiger partial charge in [0, 0.05) is 28.5 Å². The Hall–Kier alpha value is -5.67. The van der Waals surface area contributed by atoms with Crippen molar-refractivity contribution >= 4 is 32.3 Å². The number of nitrogens with zero attached hydrogens (tertiary/aromatic N) is 3. The molecule has 0 saturated heterocycles. The van der Waals surface area contributed by atoms with Crippen LogP contribution in [0.5, 0.6) is 0 Å². The molecule has 0 unspecified atom stereocenters. The summed E-state index contributed by atoms with van der Waals surface area (Å²) in [5.41, 5.74) is 6.95. The topological polar surface area (TPSA) is 38.7 Å². The lowest BCUT2D eigenvalue weighted by atomic mass is 9.94. The first-order valence-electron chi connectivity index (χ1n) is 14.1. The maximum atomic E-state index is 5.21. The fraction of sp³-hybridized carbons (Fsp3) is 0. The Bertz CT molecular complexity index is 2230. The summed E-state index contributed by atoms with van der Waals surface area (Å²) in [4.78, 5) is 14.9. The van der Waals surface area contributed by atoms with Crippen LogP contribution < -0.4 is 0 Å². The van der Waals surface area contributed by atoms with Crippen molar-refractivity contribution in [3.63, 3.8) is 0 Å². The van der Waals surface area contributed by atoms with Crippen molar-refractivity contribution in [2.75, 3.05) is 0 Å². The summed E-state index contributed by atoms with van der Waals surface area (Å²) in [5, 5.41) is 7.19. The molecule has 42 heavy (non-hydrogen) atoms. The van der Waals surface area contributed by atoms with E-state index >= 15 is 0 Å². The number of fused-ring (bicyclic) bond motifs is 4. The standard InChI is InChI=1S/C39H25N3/c1-3-13-30-26(10-1)12-9-17-34(30)37-25-38(35-24-29-11-2-4-14-31(29)32-15-5-6-16-33(32)35)42-39(41-37)28-21-19-27(20-22-28)36-18-7-8-23-40-36/h1-25H. The van der Waals surface area contributed by atoms with Gasteiger partial charge in [0.2, 0.25) is 0 Å². The van der Waals surface area contributed by atoms with Crippen LogP contribution in [-0.2, 0) is 0 Å². The van der Waals surface area contributed by atoms with Gasteiger partial charge in [0.25, 0.3) is 0 Å². The number of pyridine rings is 1. The summed E-state index contributed by atoms with van der Waals surface area (Å²) < 4.78 is 0. The van der Waals surface area contributed by atoms with Gasteiger partial charge in [-0.3, -0.25) is 4.98 Å². The first-order chi connectivity index (χ1) is 20.8. The Labute approximate surface area is 243 Å². The third kappa shape index (κ3) is 4.20. The van der Waals surface area contributed by atoms with Crippen LogP contribution >= 0.6 is 0 Å². The lowest BCUT2D eigenvalue weighted by Gasteiger charge is -2.14. The monoisotopic (exact) mass is 535 g/mol. The second kappa shape index (κ2) is 10.1. The van der Waals surface area contributed by atoms with Gasteiger partial charge in [-0.15, -0.1) is 0 Å². The van der Waals surface area contributed by atoms with Crippen LogP contribution in [-0.4, -0.2) is 15.0 Å². The van der Waals surface area contributed by atoms with E-state index in [1.807, 2.05) is 24.4 Å². The van der Waals surface area contributed by atoms with Crippen LogP contribution in [0, 0.1) is 0 Å². The summed E-state index contributed by atoms with van der Waals surface area (Å²) in [7, 11) is 0. The molecular weight excluding hydrogens is 510 g/mol. The zero-order valence-electron chi connectivity index (χ0n) is 22.8. The smallest absolute Gasteiger partial charge is 0.160 e. The first kappa shape index (κ1) is 24.2. The van der Waals surface area contributed by atoms with E-state index in [2.05, 4.69) is 132 Å². The van der Waals surface area contributed by atoms with E-state index in [0.29, 0.717) is 5.82 Å². The minimum absolute atomic E-state index is 0.695. The third-order valence-electron chi connectivity index (χ3n) is 7.94. The highest BCUT2D eigenvalue weighted by molar-refractivity contribution is 6.13. The molecule has 2 heterocycles.